The van der Waals surface area contributed by atoms with Crippen LogP contribution in [0.1, 0.15) is 43.4 Å². The van der Waals surface area contributed by atoms with Crippen LogP contribution in [0.25, 0.3) is 11.0 Å². The number of benzene rings is 1. The van der Waals surface area contributed by atoms with Crippen LogP contribution < -0.4 is 10.2 Å². The first-order chi connectivity index (χ1) is 17.3. The molecule has 0 atom stereocenters. The van der Waals surface area contributed by atoms with E-state index in [1.54, 1.807) is 56.5 Å². The molecule has 2 heterocycles. The van der Waals surface area contributed by atoms with Gasteiger partial charge in [0.2, 0.25) is 0 Å². The lowest BCUT2D eigenvalue weighted by atomic mass is 10.1. The van der Waals surface area contributed by atoms with Gasteiger partial charge in [-0.3, -0.25) is 14.5 Å². The van der Waals surface area contributed by atoms with Crippen molar-refractivity contribution in [3.63, 3.8) is 0 Å². The maximum Gasteiger partial charge on any atom is 0.307 e. The maximum atomic E-state index is 13.5. The highest BCUT2D eigenvalue weighted by atomic mass is 16.5. The van der Waals surface area contributed by atoms with Crippen LogP contribution in [0.15, 0.2) is 66.0 Å². The number of rotatable bonds is 10. The van der Waals surface area contributed by atoms with E-state index in [9.17, 15) is 9.59 Å². The van der Waals surface area contributed by atoms with E-state index in [1.807, 2.05) is 30.7 Å². The third kappa shape index (κ3) is 6.57. The molecule has 0 unspecified atom stereocenters. The number of ether oxygens (including phenoxy) is 1. The summed E-state index contributed by atoms with van der Waals surface area (Å²) in [5.74, 6) is 0.614. The highest BCUT2D eigenvalue weighted by Gasteiger charge is 2.21. The van der Waals surface area contributed by atoms with Gasteiger partial charge >= 0.3 is 5.97 Å². The number of allylic oxidation sites excluding steroid dienone is 4. The standard InChI is InChI=1S/C27H30N6O3/c1-5-36-26(34)13-15-33(24-8-6-7-14-29-24)27(35)21-11-12-23-22(16-21)31-25(32(23)4)18-30-20(3)10-9-19(2)17-28/h6-12,14,16,30H,5,13,15,18H2,1-4H3/b19-9+,20-10+. The fraction of sp³-hybridized carbons (Fsp3) is 0.296. The molecule has 0 bridgehead atoms. The third-order valence-corrected chi connectivity index (χ3v) is 5.52. The van der Waals surface area contributed by atoms with E-state index in [1.165, 1.54) is 4.90 Å². The number of pyridine rings is 1. The minimum atomic E-state index is -0.369. The van der Waals surface area contributed by atoms with Crippen molar-refractivity contribution in [2.45, 2.75) is 33.7 Å². The molecule has 0 fully saturated rings. The zero-order valence-electron chi connectivity index (χ0n) is 21.0. The van der Waals surface area contributed by atoms with Crippen LogP contribution in [0.4, 0.5) is 5.82 Å². The van der Waals surface area contributed by atoms with Crippen LogP contribution in [0.2, 0.25) is 0 Å². The number of esters is 1. The average Bonchev–Trinajstić information content (AvgIpc) is 3.21. The smallest absolute Gasteiger partial charge is 0.307 e. The molecule has 2 aromatic heterocycles. The molecular formula is C27H30N6O3. The molecule has 9 heteroatoms. The van der Waals surface area contributed by atoms with Crippen molar-refractivity contribution in [3.8, 4) is 6.07 Å². The van der Waals surface area contributed by atoms with E-state index in [4.69, 9.17) is 15.0 Å². The Morgan fingerprint density at radius 2 is 2.03 bits per heavy atom. The second kappa shape index (κ2) is 12.3. The number of nitriles is 1. The summed E-state index contributed by atoms with van der Waals surface area (Å²) < 4.78 is 6.99. The molecule has 0 radical (unpaired) electrons. The molecule has 0 aliphatic carbocycles. The van der Waals surface area contributed by atoms with Crippen molar-refractivity contribution >= 4 is 28.7 Å². The van der Waals surface area contributed by atoms with Crippen molar-refractivity contribution in [1.82, 2.24) is 19.9 Å². The lowest BCUT2D eigenvalue weighted by molar-refractivity contribution is -0.142. The number of hydrogen-bond donors (Lipinski definition) is 1. The molecule has 9 nitrogen and oxygen atoms in total. The van der Waals surface area contributed by atoms with Crippen molar-refractivity contribution < 1.29 is 14.3 Å². The Morgan fingerprint density at radius 3 is 2.72 bits per heavy atom. The topological polar surface area (TPSA) is 113 Å². The second-order valence-electron chi connectivity index (χ2n) is 8.16. The lowest BCUT2D eigenvalue weighted by Gasteiger charge is -2.21. The van der Waals surface area contributed by atoms with E-state index < -0.39 is 0 Å². The number of fused-ring (bicyclic) bond motifs is 1. The molecule has 1 aromatic carbocycles. The SMILES string of the molecule is CCOC(=O)CCN(C(=O)c1ccc2c(c1)nc(CN/C(C)=C/C=C(\C)C#N)n2C)c1ccccn1. The molecule has 1 amide bonds. The normalized spacial score (nSPS) is 11.8. The molecule has 0 aliphatic heterocycles. The maximum absolute atomic E-state index is 13.5. The summed E-state index contributed by atoms with van der Waals surface area (Å²) in [7, 11) is 1.92. The van der Waals surface area contributed by atoms with Gasteiger partial charge in [-0.15, -0.1) is 0 Å². The zero-order valence-corrected chi connectivity index (χ0v) is 21.0. The van der Waals surface area contributed by atoms with Gasteiger partial charge < -0.3 is 14.6 Å². The number of hydrogen-bond acceptors (Lipinski definition) is 7. The number of carbonyl (C=O) groups excluding carboxylic acids is 2. The summed E-state index contributed by atoms with van der Waals surface area (Å²) in [6.45, 7) is 6.33. The number of amides is 1. The molecule has 186 valence electrons. The van der Waals surface area contributed by atoms with Gasteiger partial charge in [-0.2, -0.15) is 5.26 Å². The van der Waals surface area contributed by atoms with Crippen molar-refractivity contribution in [1.29, 1.82) is 5.26 Å². The van der Waals surface area contributed by atoms with Gasteiger partial charge in [-0.05, 0) is 63.3 Å². The van der Waals surface area contributed by atoms with Crippen molar-refractivity contribution in [3.05, 3.63) is 77.4 Å². The highest BCUT2D eigenvalue weighted by molar-refractivity contribution is 6.07. The fourth-order valence-corrected chi connectivity index (χ4v) is 3.53. The summed E-state index contributed by atoms with van der Waals surface area (Å²) in [5, 5.41) is 12.2. The molecule has 3 aromatic rings. The summed E-state index contributed by atoms with van der Waals surface area (Å²) in [5.41, 5.74) is 3.55. The van der Waals surface area contributed by atoms with Crippen LogP contribution in [0, 0.1) is 11.3 Å². The zero-order chi connectivity index (χ0) is 26.1. The lowest BCUT2D eigenvalue weighted by Crippen LogP contribution is -2.34. The first kappa shape index (κ1) is 26.2. The van der Waals surface area contributed by atoms with Crippen LogP contribution in [0.5, 0.6) is 0 Å². The number of anilines is 1. The van der Waals surface area contributed by atoms with Gasteiger partial charge in [0.05, 0.1) is 36.7 Å². The van der Waals surface area contributed by atoms with Gasteiger partial charge in [-0.25, -0.2) is 9.97 Å². The van der Waals surface area contributed by atoms with E-state index in [2.05, 4.69) is 16.4 Å². The highest BCUT2D eigenvalue weighted by Crippen LogP contribution is 2.20. The number of nitrogens with one attached hydrogen (secondary N) is 1. The minimum absolute atomic E-state index is 0.0632. The molecule has 0 aliphatic rings. The fourth-order valence-electron chi connectivity index (χ4n) is 3.53. The van der Waals surface area contributed by atoms with E-state index >= 15 is 0 Å². The summed E-state index contributed by atoms with van der Waals surface area (Å²) in [6.07, 6.45) is 5.27. The third-order valence-electron chi connectivity index (χ3n) is 5.52. The monoisotopic (exact) mass is 486 g/mol. The first-order valence-electron chi connectivity index (χ1n) is 11.7. The largest absolute Gasteiger partial charge is 0.466 e. The molecule has 36 heavy (non-hydrogen) atoms. The van der Waals surface area contributed by atoms with E-state index in [0.717, 1.165) is 17.0 Å². The van der Waals surface area contributed by atoms with E-state index in [-0.39, 0.29) is 31.4 Å². The summed E-state index contributed by atoms with van der Waals surface area (Å²) in [6, 6.07) is 12.8. The Kier molecular flexibility index (Phi) is 8.95. The Labute approximate surface area is 210 Å². The first-order valence-corrected chi connectivity index (χ1v) is 11.7. The molecule has 0 spiro atoms. The Hall–Kier alpha value is -4.45. The quantitative estimate of drug-likeness (QED) is 0.261. The van der Waals surface area contributed by atoms with Gasteiger partial charge in [0.25, 0.3) is 5.91 Å². The van der Waals surface area contributed by atoms with Crippen molar-refractivity contribution in [2.24, 2.45) is 7.05 Å². The minimum Gasteiger partial charge on any atom is -0.466 e. The second-order valence-corrected chi connectivity index (χ2v) is 8.16. The number of imidazole rings is 1. The van der Waals surface area contributed by atoms with E-state index in [0.29, 0.717) is 29.0 Å². The van der Waals surface area contributed by atoms with Crippen molar-refractivity contribution in [2.75, 3.05) is 18.1 Å². The summed E-state index contributed by atoms with van der Waals surface area (Å²) >= 11 is 0. The molecule has 0 saturated heterocycles. The predicted molar refractivity (Wildman–Crippen MR) is 138 cm³/mol. The van der Waals surface area contributed by atoms with Crippen LogP contribution in [0.3, 0.4) is 0 Å². The Balaban J connectivity index is 1.83. The van der Waals surface area contributed by atoms with Crippen LogP contribution in [-0.2, 0) is 23.1 Å². The predicted octanol–water partition coefficient (Wildman–Crippen LogP) is 4.03. The molecular weight excluding hydrogens is 456 g/mol. The average molecular weight is 487 g/mol. The van der Waals surface area contributed by atoms with Crippen LogP contribution >= 0.6 is 0 Å². The molecule has 0 saturated carbocycles. The number of nitrogens with zero attached hydrogens (tertiary/aromatic N) is 5. The number of aryl methyl sites for hydroxylation is 1. The van der Waals surface area contributed by atoms with Gasteiger partial charge in [-0.1, -0.05) is 6.07 Å². The molecule has 3 rings (SSSR count). The number of aromatic nitrogens is 3. The number of carbonyl (C=O) groups is 2. The summed E-state index contributed by atoms with van der Waals surface area (Å²) in [4.78, 5) is 35.9. The molecule has 1 N–H and O–H groups in total. The van der Waals surface area contributed by atoms with Gasteiger partial charge in [0.1, 0.15) is 11.6 Å². The Bertz CT molecular complexity index is 1330. The van der Waals surface area contributed by atoms with Gasteiger partial charge in [0.15, 0.2) is 0 Å². The Morgan fingerprint density at radius 1 is 1.22 bits per heavy atom. The van der Waals surface area contributed by atoms with Crippen LogP contribution in [-0.4, -0.2) is 39.6 Å². The van der Waals surface area contributed by atoms with Gasteiger partial charge in [0, 0.05) is 36.6 Å².